The van der Waals surface area contributed by atoms with Crippen molar-refractivity contribution in [1.29, 1.82) is 0 Å². The zero-order valence-corrected chi connectivity index (χ0v) is 19.2. The van der Waals surface area contributed by atoms with E-state index in [-0.39, 0.29) is 32.2 Å². The van der Waals surface area contributed by atoms with Crippen molar-refractivity contribution in [3.05, 3.63) is 91.0 Å². The molecule has 0 N–H and O–H groups in total. The van der Waals surface area contributed by atoms with Crippen LogP contribution in [0.2, 0.25) is 4.63 Å². The molecule has 0 nitrogen and oxygen atoms in total. The molecule has 2 aromatic rings. The molecule has 0 heterocycles. The van der Waals surface area contributed by atoms with Crippen LogP contribution in [-0.2, 0) is 20.3 Å². The molecular formula is C24H28Cl2Zr. The molecule has 1 atom stereocenters. The average molecular weight is 479 g/mol. The van der Waals surface area contributed by atoms with E-state index in [0.717, 1.165) is 12.8 Å². The maximum atomic E-state index is 2.66. The van der Waals surface area contributed by atoms with Crippen LogP contribution >= 0.6 is 0 Å². The van der Waals surface area contributed by atoms with Gasteiger partial charge in [-0.2, -0.15) is 0 Å². The van der Waals surface area contributed by atoms with Crippen LogP contribution in [0.15, 0.2) is 79.9 Å². The SMILES string of the molecule is C.CCC=[CH][Zr+2]([CH3])([C]1=CC=CC1)[CH]1c2ccccc2-c2ccccc21.[Cl-].[Cl-]. The van der Waals surface area contributed by atoms with E-state index in [1.54, 1.807) is 14.4 Å². The molecule has 0 radical (unpaired) electrons. The summed E-state index contributed by atoms with van der Waals surface area (Å²) in [6, 6.07) is 18.2. The Labute approximate surface area is 181 Å². The molecule has 0 saturated carbocycles. The van der Waals surface area contributed by atoms with Crippen molar-refractivity contribution in [1.82, 2.24) is 0 Å². The van der Waals surface area contributed by atoms with Gasteiger partial charge in [0.15, 0.2) is 0 Å². The van der Waals surface area contributed by atoms with Gasteiger partial charge in [-0.05, 0) is 0 Å². The minimum absolute atomic E-state index is 0. The average Bonchev–Trinajstić information content (AvgIpc) is 3.26. The monoisotopic (exact) mass is 476 g/mol. The van der Waals surface area contributed by atoms with E-state index in [0.29, 0.717) is 3.63 Å². The Morgan fingerprint density at radius 1 is 0.963 bits per heavy atom. The molecule has 2 aliphatic rings. The van der Waals surface area contributed by atoms with Gasteiger partial charge in [-0.3, -0.25) is 0 Å². The van der Waals surface area contributed by atoms with Crippen LogP contribution in [0.25, 0.3) is 11.1 Å². The normalized spacial score (nSPS) is 15.3. The van der Waals surface area contributed by atoms with Crippen molar-refractivity contribution in [3.8, 4) is 11.1 Å². The third-order valence-electron chi connectivity index (χ3n) is 5.60. The zero-order chi connectivity index (χ0) is 16.6. The summed E-state index contributed by atoms with van der Waals surface area (Å²) in [6.45, 7) is 2.25. The van der Waals surface area contributed by atoms with E-state index in [2.05, 4.69) is 88.2 Å². The third-order valence-corrected chi connectivity index (χ3v) is 16.7. The summed E-state index contributed by atoms with van der Waals surface area (Å²) in [5.41, 5.74) is 6.03. The fourth-order valence-electron chi connectivity index (χ4n) is 4.40. The fraction of sp³-hybridized carbons (Fsp3) is 0.250. The van der Waals surface area contributed by atoms with Gasteiger partial charge in [0, 0.05) is 0 Å². The minimum Gasteiger partial charge on any atom is -1.00 e. The molecule has 2 aromatic carbocycles. The van der Waals surface area contributed by atoms with Crippen LogP contribution in [0.4, 0.5) is 0 Å². The van der Waals surface area contributed by atoms with Crippen molar-refractivity contribution in [2.45, 2.75) is 35.4 Å². The van der Waals surface area contributed by atoms with Gasteiger partial charge in [-0.25, -0.2) is 0 Å². The second-order valence-electron chi connectivity index (χ2n) is 7.03. The van der Waals surface area contributed by atoms with Gasteiger partial charge >= 0.3 is 150 Å². The van der Waals surface area contributed by atoms with Crippen molar-refractivity contribution < 1.29 is 45.1 Å². The number of hydrogen-bond donors (Lipinski definition) is 0. The zero-order valence-electron chi connectivity index (χ0n) is 15.3. The molecule has 2 aliphatic carbocycles. The first-order valence-electron chi connectivity index (χ1n) is 8.98. The van der Waals surface area contributed by atoms with Crippen LogP contribution in [0.3, 0.4) is 0 Å². The smallest absolute Gasteiger partial charge is 1.00 e. The van der Waals surface area contributed by atoms with E-state index >= 15 is 0 Å². The van der Waals surface area contributed by atoms with Crippen molar-refractivity contribution in [2.75, 3.05) is 0 Å². The van der Waals surface area contributed by atoms with E-state index in [4.69, 9.17) is 0 Å². The second kappa shape index (κ2) is 10.1. The van der Waals surface area contributed by atoms with Gasteiger partial charge in [-0.15, -0.1) is 0 Å². The topological polar surface area (TPSA) is 0 Å². The van der Waals surface area contributed by atoms with Gasteiger partial charge in [0.25, 0.3) is 0 Å². The Bertz CT molecular complexity index is 821. The largest absolute Gasteiger partial charge is 1.00 e. The summed E-state index contributed by atoms with van der Waals surface area (Å²) >= 11 is -2.71. The van der Waals surface area contributed by atoms with Crippen LogP contribution < -0.4 is 24.8 Å². The number of halogens is 2. The van der Waals surface area contributed by atoms with Gasteiger partial charge in [0.1, 0.15) is 0 Å². The third kappa shape index (κ3) is 4.12. The molecule has 1 unspecified atom stereocenters. The molecule has 0 aromatic heterocycles. The summed E-state index contributed by atoms with van der Waals surface area (Å²) in [5.74, 6) is 0. The van der Waals surface area contributed by atoms with Gasteiger partial charge < -0.3 is 24.8 Å². The quantitative estimate of drug-likeness (QED) is 0.623. The molecule has 3 heteroatoms. The van der Waals surface area contributed by atoms with Crippen LogP contribution in [0.5, 0.6) is 0 Å². The maximum Gasteiger partial charge on any atom is -1.00 e. The van der Waals surface area contributed by atoms with Crippen LogP contribution in [0.1, 0.15) is 41.9 Å². The number of hydrogen-bond acceptors (Lipinski definition) is 0. The molecular weight excluding hydrogens is 450 g/mol. The summed E-state index contributed by atoms with van der Waals surface area (Å²) in [4.78, 5) is 0. The summed E-state index contributed by atoms with van der Waals surface area (Å²) in [7, 11) is 0. The summed E-state index contributed by atoms with van der Waals surface area (Å²) in [5, 5.41) is 0. The number of allylic oxidation sites excluding steroid dienone is 5. The Morgan fingerprint density at radius 3 is 2.00 bits per heavy atom. The minimum atomic E-state index is -2.71. The van der Waals surface area contributed by atoms with Gasteiger partial charge in [0.2, 0.25) is 0 Å². The Hall–Kier alpha value is -0.877. The Kier molecular flexibility index (Phi) is 9.00. The summed E-state index contributed by atoms with van der Waals surface area (Å²) in [6.07, 6.45) is 11.7. The van der Waals surface area contributed by atoms with Gasteiger partial charge in [0.05, 0.1) is 0 Å². The van der Waals surface area contributed by atoms with Crippen LogP contribution in [0, 0.1) is 0 Å². The predicted octanol–water partition coefficient (Wildman–Crippen LogP) is 1.37. The van der Waals surface area contributed by atoms with Gasteiger partial charge in [-0.1, -0.05) is 7.43 Å². The van der Waals surface area contributed by atoms with E-state index in [1.165, 1.54) is 11.1 Å². The standard InChI is InChI=1S/C13H9.C5H5.C4H7.CH4.CH3.2ClH.Zr/c1-3-7-12-10(5-1)9-11-6-2-4-8-13(11)12;1-2-4-5-3-1;1-3-4-2;;;;;/h1-9H;1-3H,4H2;1,3H,4H2,2H3;1H4;1H3;2*1H;/q;;;;;;;+2/p-2. The predicted molar refractivity (Wildman–Crippen MR) is 108 cm³/mol. The molecule has 142 valence electrons. The first-order valence-corrected chi connectivity index (χ1v) is 15.5. The summed E-state index contributed by atoms with van der Waals surface area (Å²) < 4.78 is 7.62. The number of benzene rings is 2. The van der Waals surface area contributed by atoms with Crippen LogP contribution in [-0.4, -0.2) is 0 Å². The molecule has 0 saturated heterocycles. The van der Waals surface area contributed by atoms with Crippen molar-refractivity contribution >= 4 is 0 Å². The molecule has 0 fully saturated rings. The number of rotatable bonds is 4. The Balaban J connectivity index is 0.00000121. The first-order chi connectivity index (χ1) is 11.8. The Morgan fingerprint density at radius 2 is 1.52 bits per heavy atom. The van der Waals surface area contributed by atoms with E-state index in [1.807, 2.05) is 0 Å². The number of fused-ring (bicyclic) bond motifs is 3. The first kappa shape index (κ1) is 24.2. The molecule has 0 aliphatic heterocycles. The van der Waals surface area contributed by atoms with Crippen molar-refractivity contribution in [3.63, 3.8) is 0 Å². The molecule has 4 rings (SSSR count). The van der Waals surface area contributed by atoms with E-state index < -0.39 is 20.3 Å². The van der Waals surface area contributed by atoms with Crippen molar-refractivity contribution in [2.24, 2.45) is 0 Å². The molecule has 0 amide bonds. The van der Waals surface area contributed by atoms with E-state index in [9.17, 15) is 0 Å². The fourth-order valence-corrected chi connectivity index (χ4v) is 15.0. The maximum absolute atomic E-state index is 2.71. The second-order valence-corrected chi connectivity index (χ2v) is 17.1. The molecule has 0 spiro atoms. The molecule has 27 heavy (non-hydrogen) atoms. The molecule has 0 bridgehead atoms.